The number of aliphatic hydroxyl groups excluding tert-OH is 1. The number of amides is 1. The summed E-state index contributed by atoms with van der Waals surface area (Å²) in [6.45, 7) is 4.07. The Morgan fingerprint density at radius 2 is 2.14 bits per heavy atom. The van der Waals surface area contributed by atoms with E-state index in [0.717, 1.165) is 19.4 Å². The second kappa shape index (κ2) is 8.97. The van der Waals surface area contributed by atoms with Gasteiger partial charge in [0.05, 0.1) is 6.61 Å². The maximum absolute atomic E-state index is 11.6. The second-order valence-corrected chi connectivity index (χ2v) is 3.31. The molecule has 0 aliphatic rings. The Kier molecular flexibility index (Phi) is 8.57. The highest BCUT2D eigenvalue weighted by atomic mass is 16.3. The molecule has 0 radical (unpaired) electrons. The van der Waals surface area contributed by atoms with Crippen LogP contribution in [0.1, 0.15) is 26.2 Å². The van der Waals surface area contributed by atoms with Gasteiger partial charge in [0.1, 0.15) is 0 Å². The predicted octanol–water partition coefficient (Wildman–Crippen LogP) is 0.217. The third-order valence-electron chi connectivity index (χ3n) is 2.09. The average Bonchev–Trinajstić information content (AvgIpc) is 2.20. The van der Waals surface area contributed by atoms with Crippen molar-refractivity contribution >= 4 is 5.91 Å². The quantitative estimate of drug-likeness (QED) is 0.592. The van der Waals surface area contributed by atoms with Crippen LogP contribution in [-0.4, -0.2) is 49.2 Å². The normalized spacial score (nSPS) is 10.2. The molecule has 0 bridgehead atoms. The van der Waals surface area contributed by atoms with Gasteiger partial charge in [0.25, 0.3) is 0 Å². The zero-order valence-electron chi connectivity index (χ0n) is 9.25. The fourth-order valence-electron chi connectivity index (χ4n) is 1.22. The van der Waals surface area contributed by atoms with E-state index in [2.05, 4.69) is 12.2 Å². The van der Waals surface area contributed by atoms with E-state index in [0.29, 0.717) is 19.5 Å². The molecule has 0 aliphatic heterocycles. The first kappa shape index (κ1) is 13.4. The fourth-order valence-corrected chi connectivity index (χ4v) is 1.22. The molecule has 0 saturated carbocycles. The highest BCUT2D eigenvalue weighted by Crippen LogP contribution is 1.97. The molecule has 84 valence electrons. The largest absolute Gasteiger partial charge is 0.395 e. The monoisotopic (exact) mass is 202 g/mol. The van der Waals surface area contributed by atoms with Crippen LogP contribution in [0, 0.1) is 0 Å². The summed E-state index contributed by atoms with van der Waals surface area (Å²) in [5, 5.41) is 11.7. The van der Waals surface area contributed by atoms with E-state index in [1.165, 1.54) is 0 Å². The van der Waals surface area contributed by atoms with Gasteiger partial charge in [0, 0.05) is 26.1 Å². The zero-order chi connectivity index (χ0) is 10.8. The number of hydrogen-bond acceptors (Lipinski definition) is 3. The smallest absolute Gasteiger partial charge is 0.223 e. The van der Waals surface area contributed by atoms with Crippen molar-refractivity contribution in [2.75, 3.05) is 33.3 Å². The third kappa shape index (κ3) is 5.94. The fraction of sp³-hybridized carbons (Fsp3) is 0.900. The molecule has 0 aromatic rings. The van der Waals surface area contributed by atoms with Gasteiger partial charge >= 0.3 is 0 Å². The van der Waals surface area contributed by atoms with Crippen molar-refractivity contribution in [3.05, 3.63) is 0 Å². The molecule has 1 amide bonds. The van der Waals surface area contributed by atoms with Gasteiger partial charge in [-0.2, -0.15) is 0 Å². The van der Waals surface area contributed by atoms with Gasteiger partial charge in [0.2, 0.25) is 5.91 Å². The van der Waals surface area contributed by atoms with Gasteiger partial charge < -0.3 is 15.3 Å². The molecular formula is C10H22N2O2. The molecule has 0 saturated heterocycles. The van der Waals surface area contributed by atoms with Gasteiger partial charge in [-0.3, -0.25) is 4.79 Å². The Bertz CT molecular complexity index is 151. The van der Waals surface area contributed by atoms with E-state index < -0.39 is 0 Å². The van der Waals surface area contributed by atoms with Crippen LogP contribution in [0.3, 0.4) is 0 Å². The van der Waals surface area contributed by atoms with Crippen molar-refractivity contribution < 1.29 is 9.90 Å². The molecule has 4 nitrogen and oxygen atoms in total. The molecule has 0 rings (SSSR count). The first-order chi connectivity index (χ1) is 6.76. The molecule has 0 heterocycles. The molecular weight excluding hydrogens is 180 g/mol. The highest BCUT2D eigenvalue weighted by molar-refractivity contribution is 5.76. The summed E-state index contributed by atoms with van der Waals surface area (Å²) in [6, 6.07) is 0. The Balaban J connectivity index is 3.84. The van der Waals surface area contributed by atoms with Crippen molar-refractivity contribution in [1.29, 1.82) is 0 Å². The van der Waals surface area contributed by atoms with E-state index in [1.54, 1.807) is 4.90 Å². The zero-order valence-corrected chi connectivity index (χ0v) is 9.25. The van der Waals surface area contributed by atoms with Gasteiger partial charge in [-0.15, -0.1) is 0 Å². The first-order valence-electron chi connectivity index (χ1n) is 5.29. The van der Waals surface area contributed by atoms with Gasteiger partial charge in [-0.1, -0.05) is 13.3 Å². The third-order valence-corrected chi connectivity index (χ3v) is 2.09. The van der Waals surface area contributed by atoms with Crippen LogP contribution in [0.5, 0.6) is 0 Å². The number of carbonyl (C=O) groups is 1. The van der Waals surface area contributed by atoms with Gasteiger partial charge in [-0.25, -0.2) is 0 Å². The summed E-state index contributed by atoms with van der Waals surface area (Å²) in [5.41, 5.74) is 0. The Labute approximate surface area is 86.3 Å². The van der Waals surface area contributed by atoms with E-state index in [4.69, 9.17) is 5.11 Å². The number of nitrogens with zero attached hydrogens (tertiary/aromatic N) is 1. The molecule has 2 N–H and O–H groups in total. The highest BCUT2D eigenvalue weighted by Gasteiger charge is 2.10. The molecule has 0 aromatic heterocycles. The van der Waals surface area contributed by atoms with Gasteiger partial charge in [-0.05, 0) is 13.5 Å². The molecule has 0 atom stereocenters. The lowest BCUT2D eigenvalue weighted by molar-refractivity contribution is -0.131. The van der Waals surface area contributed by atoms with Crippen molar-refractivity contribution in [3.63, 3.8) is 0 Å². The molecule has 0 spiro atoms. The molecule has 4 heteroatoms. The topological polar surface area (TPSA) is 52.6 Å². The van der Waals surface area contributed by atoms with Crippen LogP contribution in [0.2, 0.25) is 0 Å². The maximum atomic E-state index is 11.6. The number of nitrogens with one attached hydrogen (secondary N) is 1. The SMILES string of the molecule is CCCCN(CCO)C(=O)CCNC. The average molecular weight is 202 g/mol. The van der Waals surface area contributed by atoms with E-state index >= 15 is 0 Å². The van der Waals surface area contributed by atoms with Gasteiger partial charge in [0.15, 0.2) is 0 Å². The number of unbranched alkanes of at least 4 members (excludes halogenated alkanes) is 1. The van der Waals surface area contributed by atoms with Crippen LogP contribution in [0.15, 0.2) is 0 Å². The number of carbonyl (C=O) groups excluding carboxylic acids is 1. The summed E-state index contributed by atoms with van der Waals surface area (Å²) < 4.78 is 0. The maximum Gasteiger partial charge on any atom is 0.223 e. The number of rotatable bonds is 8. The van der Waals surface area contributed by atoms with Crippen molar-refractivity contribution in [2.45, 2.75) is 26.2 Å². The van der Waals surface area contributed by atoms with E-state index in [9.17, 15) is 4.79 Å². The Hall–Kier alpha value is -0.610. The summed E-state index contributed by atoms with van der Waals surface area (Å²) in [7, 11) is 1.83. The summed E-state index contributed by atoms with van der Waals surface area (Å²) in [5.74, 6) is 0.127. The summed E-state index contributed by atoms with van der Waals surface area (Å²) in [6.07, 6.45) is 2.59. The van der Waals surface area contributed by atoms with Crippen molar-refractivity contribution in [1.82, 2.24) is 10.2 Å². The first-order valence-corrected chi connectivity index (χ1v) is 5.29. The van der Waals surface area contributed by atoms with Crippen molar-refractivity contribution in [3.8, 4) is 0 Å². The van der Waals surface area contributed by atoms with Crippen LogP contribution in [-0.2, 0) is 4.79 Å². The van der Waals surface area contributed by atoms with E-state index in [1.807, 2.05) is 7.05 Å². The minimum absolute atomic E-state index is 0.0506. The lowest BCUT2D eigenvalue weighted by Gasteiger charge is -2.21. The van der Waals surface area contributed by atoms with Crippen LogP contribution < -0.4 is 5.32 Å². The lowest BCUT2D eigenvalue weighted by atomic mass is 10.3. The molecule has 0 aromatic carbocycles. The second-order valence-electron chi connectivity index (χ2n) is 3.31. The van der Waals surface area contributed by atoms with Crippen LogP contribution >= 0.6 is 0 Å². The van der Waals surface area contributed by atoms with E-state index in [-0.39, 0.29) is 12.5 Å². The summed E-state index contributed by atoms with van der Waals surface area (Å²) in [4.78, 5) is 13.3. The lowest BCUT2D eigenvalue weighted by Crippen LogP contribution is -2.35. The molecule has 0 fully saturated rings. The minimum atomic E-state index is 0.0506. The molecule has 0 aliphatic carbocycles. The number of hydrogen-bond donors (Lipinski definition) is 2. The molecule has 14 heavy (non-hydrogen) atoms. The minimum Gasteiger partial charge on any atom is -0.395 e. The standard InChI is InChI=1S/C10H22N2O2/c1-3-4-7-12(8-9-13)10(14)5-6-11-2/h11,13H,3-9H2,1-2H3. The summed E-state index contributed by atoms with van der Waals surface area (Å²) >= 11 is 0. The Morgan fingerprint density at radius 1 is 1.43 bits per heavy atom. The van der Waals surface area contributed by atoms with Crippen LogP contribution in [0.25, 0.3) is 0 Å². The predicted molar refractivity (Wildman–Crippen MR) is 57.1 cm³/mol. The molecule has 0 unspecified atom stereocenters. The number of aliphatic hydroxyl groups is 1. The Morgan fingerprint density at radius 3 is 2.64 bits per heavy atom. The van der Waals surface area contributed by atoms with Crippen LogP contribution in [0.4, 0.5) is 0 Å². The van der Waals surface area contributed by atoms with Crippen molar-refractivity contribution in [2.24, 2.45) is 0 Å².